The number of hydrogen-bond donors (Lipinski definition) is 3. The van der Waals surface area contributed by atoms with E-state index < -0.39 is 7.82 Å². The van der Waals surface area contributed by atoms with Crippen LogP contribution >= 0.6 is 7.82 Å². The number of rotatable bonds is 7. The molecule has 0 amide bonds. The van der Waals surface area contributed by atoms with Crippen molar-refractivity contribution >= 4 is 7.82 Å². The first-order valence-electron chi connectivity index (χ1n) is 5.77. The number of nitrogens with zero attached hydrogens (tertiary/aromatic N) is 2. The number of piperazine rings is 1. The van der Waals surface area contributed by atoms with Crippen LogP contribution in [0.5, 0.6) is 0 Å². The minimum atomic E-state index is -4.33. The first kappa shape index (κ1) is 15.0. The SMILES string of the molecule is O=P(O)(O)OCCN1CCN(CCCO)CC1. The van der Waals surface area contributed by atoms with E-state index in [1.165, 1.54) is 0 Å². The Morgan fingerprint density at radius 3 is 2.06 bits per heavy atom. The van der Waals surface area contributed by atoms with Gasteiger partial charge in [-0.1, -0.05) is 0 Å². The monoisotopic (exact) mass is 268 g/mol. The van der Waals surface area contributed by atoms with Crippen molar-refractivity contribution in [1.82, 2.24) is 9.80 Å². The summed E-state index contributed by atoms with van der Waals surface area (Å²) >= 11 is 0. The molecule has 3 N–H and O–H groups in total. The fourth-order valence-electron chi connectivity index (χ4n) is 1.82. The van der Waals surface area contributed by atoms with E-state index in [-0.39, 0.29) is 13.2 Å². The summed E-state index contributed by atoms with van der Waals surface area (Å²) in [5.41, 5.74) is 0. The molecule has 0 saturated carbocycles. The van der Waals surface area contributed by atoms with Gasteiger partial charge in [0.2, 0.25) is 0 Å². The van der Waals surface area contributed by atoms with Crippen LogP contribution in [0.1, 0.15) is 6.42 Å². The molecule has 102 valence electrons. The van der Waals surface area contributed by atoms with Crippen LogP contribution in [0.2, 0.25) is 0 Å². The summed E-state index contributed by atoms with van der Waals surface area (Å²) in [5, 5.41) is 8.71. The summed E-state index contributed by atoms with van der Waals surface area (Å²) in [6.07, 6.45) is 0.793. The topological polar surface area (TPSA) is 93.5 Å². The molecule has 17 heavy (non-hydrogen) atoms. The van der Waals surface area contributed by atoms with Crippen LogP contribution in [0.25, 0.3) is 0 Å². The van der Waals surface area contributed by atoms with Crippen LogP contribution in [0.15, 0.2) is 0 Å². The largest absolute Gasteiger partial charge is 0.469 e. The predicted molar refractivity (Wildman–Crippen MR) is 62.6 cm³/mol. The summed E-state index contributed by atoms with van der Waals surface area (Å²) in [5.74, 6) is 0. The zero-order chi connectivity index (χ0) is 12.7. The first-order valence-corrected chi connectivity index (χ1v) is 7.30. The molecule has 1 aliphatic heterocycles. The highest BCUT2D eigenvalue weighted by atomic mass is 31.2. The van der Waals surface area contributed by atoms with Crippen molar-refractivity contribution in [3.05, 3.63) is 0 Å². The molecule has 0 unspecified atom stereocenters. The van der Waals surface area contributed by atoms with Crippen molar-refractivity contribution in [2.45, 2.75) is 6.42 Å². The third-order valence-corrected chi connectivity index (χ3v) is 3.28. The molecular formula is C9H21N2O5P. The quantitative estimate of drug-likeness (QED) is 0.515. The Morgan fingerprint density at radius 2 is 1.59 bits per heavy atom. The number of aliphatic hydroxyl groups is 1. The lowest BCUT2D eigenvalue weighted by Crippen LogP contribution is -2.47. The number of phosphoric acid groups is 1. The molecule has 7 nitrogen and oxygen atoms in total. The maximum atomic E-state index is 10.5. The zero-order valence-corrected chi connectivity index (χ0v) is 10.8. The van der Waals surface area contributed by atoms with Crippen LogP contribution in [0, 0.1) is 0 Å². The highest BCUT2D eigenvalue weighted by molar-refractivity contribution is 7.46. The Kier molecular flexibility index (Phi) is 6.58. The standard InChI is InChI=1S/C9H21N2O5P/c12-8-1-2-10-3-5-11(6-4-10)7-9-16-17(13,14)15/h12H,1-9H2,(H2,13,14,15). The van der Waals surface area contributed by atoms with Gasteiger partial charge in [-0.15, -0.1) is 0 Å². The third-order valence-electron chi connectivity index (χ3n) is 2.76. The second kappa shape index (κ2) is 7.43. The summed E-state index contributed by atoms with van der Waals surface area (Å²) in [6, 6.07) is 0. The highest BCUT2D eigenvalue weighted by Gasteiger charge is 2.18. The normalized spacial score (nSPS) is 19.7. The Bertz CT molecular complexity index is 252. The molecule has 0 radical (unpaired) electrons. The lowest BCUT2D eigenvalue weighted by Gasteiger charge is -2.34. The Labute approximate surface area is 101 Å². The van der Waals surface area contributed by atoms with Crippen molar-refractivity contribution in [1.29, 1.82) is 0 Å². The van der Waals surface area contributed by atoms with Crippen LogP contribution < -0.4 is 0 Å². The van der Waals surface area contributed by atoms with Gasteiger partial charge in [-0.3, -0.25) is 9.42 Å². The molecule has 0 spiro atoms. The van der Waals surface area contributed by atoms with Gasteiger partial charge < -0.3 is 19.8 Å². The smallest absolute Gasteiger partial charge is 0.396 e. The van der Waals surface area contributed by atoms with Crippen molar-refractivity contribution in [3.8, 4) is 0 Å². The second-order valence-electron chi connectivity index (χ2n) is 4.08. The van der Waals surface area contributed by atoms with Crippen molar-refractivity contribution in [3.63, 3.8) is 0 Å². The van der Waals surface area contributed by atoms with Gasteiger partial charge in [0.15, 0.2) is 0 Å². The second-order valence-corrected chi connectivity index (χ2v) is 5.32. The average Bonchev–Trinajstić information content (AvgIpc) is 2.26. The fraction of sp³-hybridized carbons (Fsp3) is 1.00. The van der Waals surface area contributed by atoms with Gasteiger partial charge in [0.05, 0.1) is 6.61 Å². The van der Waals surface area contributed by atoms with Crippen LogP contribution in [-0.4, -0.2) is 77.2 Å². The molecule has 1 heterocycles. The van der Waals surface area contributed by atoms with Gasteiger partial charge in [0.25, 0.3) is 0 Å². The van der Waals surface area contributed by atoms with Crippen LogP contribution in [-0.2, 0) is 9.09 Å². The van der Waals surface area contributed by atoms with Crippen molar-refractivity contribution in [2.75, 3.05) is 52.5 Å². The van der Waals surface area contributed by atoms with Gasteiger partial charge in [0, 0.05) is 45.9 Å². The Balaban J connectivity index is 2.09. The molecule has 1 rings (SSSR count). The molecule has 0 aliphatic carbocycles. The zero-order valence-electron chi connectivity index (χ0n) is 9.86. The molecule has 0 aromatic carbocycles. The molecule has 8 heteroatoms. The number of aliphatic hydroxyl groups excluding tert-OH is 1. The van der Waals surface area contributed by atoms with Gasteiger partial charge >= 0.3 is 7.82 Å². The lowest BCUT2D eigenvalue weighted by molar-refractivity contribution is 0.103. The van der Waals surface area contributed by atoms with Crippen LogP contribution in [0.3, 0.4) is 0 Å². The van der Waals surface area contributed by atoms with E-state index >= 15 is 0 Å². The van der Waals surface area contributed by atoms with Gasteiger partial charge in [-0.25, -0.2) is 4.57 Å². The minimum absolute atomic E-state index is 0.0565. The van der Waals surface area contributed by atoms with Crippen molar-refractivity contribution < 1.29 is 24.0 Å². The van der Waals surface area contributed by atoms with Gasteiger partial charge in [0.1, 0.15) is 0 Å². The molecule has 1 saturated heterocycles. The van der Waals surface area contributed by atoms with Gasteiger partial charge in [-0.05, 0) is 6.42 Å². The van der Waals surface area contributed by atoms with Gasteiger partial charge in [-0.2, -0.15) is 0 Å². The lowest BCUT2D eigenvalue weighted by atomic mass is 10.3. The van der Waals surface area contributed by atoms with E-state index in [9.17, 15) is 4.57 Å². The molecule has 0 aromatic heterocycles. The molecule has 0 aromatic rings. The van der Waals surface area contributed by atoms with Crippen LogP contribution in [0.4, 0.5) is 0 Å². The summed E-state index contributed by atoms with van der Waals surface area (Å²) < 4.78 is 14.9. The van der Waals surface area contributed by atoms with E-state index in [0.29, 0.717) is 6.54 Å². The predicted octanol–water partition coefficient (Wildman–Crippen LogP) is -0.904. The molecule has 1 fully saturated rings. The third kappa shape index (κ3) is 7.10. The molecule has 0 atom stereocenters. The summed E-state index contributed by atoms with van der Waals surface area (Å²) in [4.78, 5) is 21.4. The van der Waals surface area contributed by atoms with E-state index in [4.69, 9.17) is 14.9 Å². The van der Waals surface area contributed by atoms with E-state index in [0.717, 1.165) is 39.1 Å². The maximum Gasteiger partial charge on any atom is 0.469 e. The van der Waals surface area contributed by atoms with E-state index in [1.54, 1.807) is 0 Å². The summed E-state index contributed by atoms with van der Waals surface area (Å²) in [6.45, 7) is 5.32. The number of hydrogen-bond acceptors (Lipinski definition) is 5. The van der Waals surface area contributed by atoms with E-state index in [2.05, 4.69) is 14.3 Å². The molecule has 1 aliphatic rings. The average molecular weight is 268 g/mol. The summed E-state index contributed by atoms with van der Waals surface area (Å²) in [7, 11) is -4.33. The number of phosphoric ester groups is 1. The fourth-order valence-corrected chi connectivity index (χ4v) is 2.14. The molecule has 0 bridgehead atoms. The van der Waals surface area contributed by atoms with Crippen molar-refractivity contribution in [2.24, 2.45) is 0 Å². The molecular weight excluding hydrogens is 247 g/mol. The Morgan fingerprint density at radius 1 is 1.06 bits per heavy atom. The van der Waals surface area contributed by atoms with E-state index in [1.807, 2.05) is 0 Å². The highest BCUT2D eigenvalue weighted by Crippen LogP contribution is 2.35. The Hall–Kier alpha value is -0.0100. The minimum Gasteiger partial charge on any atom is -0.396 e. The first-order chi connectivity index (χ1) is 8.01. The maximum absolute atomic E-state index is 10.5.